The second-order valence-electron chi connectivity index (χ2n) is 7.14. The van der Waals surface area contributed by atoms with Crippen molar-refractivity contribution >= 4 is 11.9 Å². The van der Waals surface area contributed by atoms with E-state index < -0.39 is 0 Å². The first-order valence-electron chi connectivity index (χ1n) is 9.57. The summed E-state index contributed by atoms with van der Waals surface area (Å²) in [4.78, 5) is 25.9. The summed E-state index contributed by atoms with van der Waals surface area (Å²) in [5.41, 5.74) is 0. The number of likely N-dealkylation sites (N-methyl/N-ethyl adjacent to an activating group) is 1. The smallest absolute Gasteiger partial charge is 0.315 e. The molecule has 0 saturated heterocycles. The Bertz CT molecular complexity index is 539. The molecule has 0 spiro atoms. The Labute approximate surface area is 155 Å². The number of urea groups is 1. The summed E-state index contributed by atoms with van der Waals surface area (Å²) in [7, 11) is 3.91. The van der Waals surface area contributed by atoms with Crippen molar-refractivity contribution in [2.45, 2.75) is 57.0 Å². The first kappa shape index (κ1) is 20.3. The minimum atomic E-state index is -0.122. The molecule has 26 heavy (non-hydrogen) atoms. The van der Waals surface area contributed by atoms with Gasteiger partial charge in [-0.2, -0.15) is 0 Å². The SMILES string of the molecule is CN(C)C(CNC(=O)CCCNC(=O)NC1CCCCC1)c1ccco1. The molecule has 2 rings (SSSR count). The molecule has 146 valence electrons. The van der Waals surface area contributed by atoms with Gasteiger partial charge in [-0.3, -0.25) is 9.69 Å². The Balaban J connectivity index is 1.57. The summed E-state index contributed by atoms with van der Waals surface area (Å²) in [6.45, 7) is 0.996. The van der Waals surface area contributed by atoms with Crippen LogP contribution in [0, 0.1) is 0 Å². The Morgan fingerprint density at radius 1 is 1.23 bits per heavy atom. The van der Waals surface area contributed by atoms with Crippen LogP contribution in [0.5, 0.6) is 0 Å². The van der Waals surface area contributed by atoms with E-state index in [-0.39, 0.29) is 18.0 Å². The van der Waals surface area contributed by atoms with Crippen molar-refractivity contribution in [3.05, 3.63) is 24.2 Å². The fourth-order valence-electron chi connectivity index (χ4n) is 3.25. The van der Waals surface area contributed by atoms with E-state index in [1.807, 2.05) is 31.1 Å². The van der Waals surface area contributed by atoms with E-state index >= 15 is 0 Å². The van der Waals surface area contributed by atoms with Crippen molar-refractivity contribution in [2.24, 2.45) is 0 Å². The summed E-state index contributed by atoms with van der Waals surface area (Å²) in [5, 5.41) is 8.78. The second-order valence-corrected chi connectivity index (χ2v) is 7.14. The molecule has 1 aliphatic rings. The van der Waals surface area contributed by atoms with E-state index in [1.165, 1.54) is 19.3 Å². The number of furan rings is 1. The normalized spacial score (nSPS) is 16.3. The molecule has 3 N–H and O–H groups in total. The third kappa shape index (κ3) is 7.07. The van der Waals surface area contributed by atoms with Gasteiger partial charge in [-0.15, -0.1) is 0 Å². The number of amides is 3. The lowest BCUT2D eigenvalue weighted by Crippen LogP contribution is -2.43. The quantitative estimate of drug-likeness (QED) is 0.587. The zero-order chi connectivity index (χ0) is 18.8. The van der Waals surface area contributed by atoms with Crippen LogP contribution in [-0.2, 0) is 4.79 Å². The van der Waals surface area contributed by atoms with Gasteiger partial charge < -0.3 is 20.4 Å². The zero-order valence-electron chi connectivity index (χ0n) is 15.9. The summed E-state index contributed by atoms with van der Waals surface area (Å²) in [6.07, 6.45) is 8.44. The van der Waals surface area contributed by atoms with Crippen molar-refractivity contribution in [2.75, 3.05) is 27.2 Å². The van der Waals surface area contributed by atoms with Crippen LogP contribution in [0.2, 0.25) is 0 Å². The molecule has 3 amide bonds. The van der Waals surface area contributed by atoms with Gasteiger partial charge in [0.05, 0.1) is 12.3 Å². The zero-order valence-corrected chi connectivity index (χ0v) is 15.9. The van der Waals surface area contributed by atoms with Gasteiger partial charge in [-0.05, 0) is 45.5 Å². The van der Waals surface area contributed by atoms with Crippen LogP contribution in [0.25, 0.3) is 0 Å². The first-order chi connectivity index (χ1) is 12.6. The molecule has 0 aliphatic heterocycles. The molecular formula is C19H32N4O3. The number of hydrogen-bond donors (Lipinski definition) is 3. The van der Waals surface area contributed by atoms with Crippen LogP contribution in [0.1, 0.15) is 56.7 Å². The van der Waals surface area contributed by atoms with Gasteiger partial charge in [0.1, 0.15) is 5.76 Å². The Morgan fingerprint density at radius 3 is 2.65 bits per heavy atom. The van der Waals surface area contributed by atoms with E-state index in [0.29, 0.717) is 32.0 Å². The third-order valence-corrected chi connectivity index (χ3v) is 4.79. The average Bonchev–Trinajstić information content (AvgIpc) is 3.14. The van der Waals surface area contributed by atoms with Crippen molar-refractivity contribution in [3.8, 4) is 0 Å². The van der Waals surface area contributed by atoms with Crippen LogP contribution in [-0.4, -0.2) is 50.1 Å². The van der Waals surface area contributed by atoms with Crippen molar-refractivity contribution < 1.29 is 14.0 Å². The molecule has 1 saturated carbocycles. The lowest BCUT2D eigenvalue weighted by molar-refractivity contribution is -0.121. The maximum atomic E-state index is 12.0. The lowest BCUT2D eigenvalue weighted by Gasteiger charge is -2.23. The van der Waals surface area contributed by atoms with Gasteiger partial charge >= 0.3 is 6.03 Å². The van der Waals surface area contributed by atoms with E-state index in [9.17, 15) is 9.59 Å². The minimum absolute atomic E-state index is 0.00773. The lowest BCUT2D eigenvalue weighted by atomic mass is 9.96. The number of nitrogens with zero attached hydrogens (tertiary/aromatic N) is 1. The monoisotopic (exact) mass is 364 g/mol. The molecule has 1 heterocycles. The minimum Gasteiger partial charge on any atom is -0.468 e. The predicted octanol–water partition coefficient (Wildman–Crippen LogP) is 2.41. The molecular weight excluding hydrogens is 332 g/mol. The fourth-order valence-corrected chi connectivity index (χ4v) is 3.25. The van der Waals surface area contributed by atoms with Crippen LogP contribution in [0.4, 0.5) is 4.79 Å². The van der Waals surface area contributed by atoms with Gasteiger partial charge in [-0.25, -0.2) is 4.79 Å². The average molecular weight is 364 g/mol. The molecule has 1 fully saturated rings. The van der Waals surface area contributed by atoms with Crippen molar-refractivity contribution in [3.63, 3.8) is 0 Å². The maximum Gasteiger partial charge on any atom is 0.315 e. The number of nitrogens with one attached hydrogen (secondary N) is 3. The molecule has 1 aromatic rings. The predicted molar refractivity (Wildman–Crippen MR) is 101 cm³/mol. The molecule has 7 nitrogen and oxygen atoms in total. The van der Waals surface area contributed by atoms with Gasteiger partial charge in [0.25, 0.3) is 0 Å². The largest absolute Gasteiger partial charge is 0.468 e. The molecule has 1 atom stereocenters. The highest BCUT2D eigenvalue weighted by Crippen LogP contribution is 2.18. The number of carbonyl (C=O) groups is 2. The molecule has 0 radical (unpaired) electrons. The van der Waals surface area contributed by atoms with E-state index in [0.717, 1.165) is 18.6 Å². The van der Waals surface area contributed by atoms with Crippen molar-refractivity contribution in [1.29, 1.82) is 0 Å². The van der Waals surface area contributed by atoms with E-state index in [4.69, 9.17) is 4.42 Å². The standard InChI is InChI=1S/C19H32N4O3/c1-23(2)16(17-10-7-13-26-17)14-21-18(24)11-6-12-20-19(25)22-15-8-4-3-5-9-15/h7,10,13,15-16H,3-6,8-9,11-12,14H2,1-2H3,(H,21,24)(H2,20,22,25). The molecule has 7 heteroatoms. The topological polar surface area (TPSA) is 86.6 Å². The summed E-state index contributed by atoms with van der Waals surface area (Å²) >= 11 is 0. The summed E-state index contributed by atoms with van der Waals surface area (Å²) in [6, 6.07) is 3.94. The summed E-state index contributed by atoms with van der Waals surface area (Å²) in [5.74, 6) is 0.814. The Morgan fingerprint density at radius 2 is 2.00 bits per heavy atom. The van der Waals surface area contributed by atoms with Crippen LogP contribution >= 0.6 is 0 Å². The second kappa shape index (κ2) is 10.9. The number of hydrogen-bond acceptors (Lipinski definition) is 4. The first-order valence-corrected chi connectivity index (χ1v) is 9.57. The van der Waals surface area contributed by atoms with Crippen LogP contribution < -0.4 is 16.0 Å². The molecule has 1 unspecified atom stereocenters. The van der Waals surface area contributed by atoms with Gasteiger partial charge in [-0.1, -0.05) is 19.3 Å². The highest BCUT2D eigenvalue weighted by molar-refractivity contribution is 5.76. The molecule has 1 aliphatic carbocycles. The van der Waals surface area contributed by atoms with Gasteiger partial charge in [0.15, 0.2) is 0 Å². The Kier molecular flexibility index (Phi) is 8.47. The van der Waals surface area contributed by atoms with Crippen LogP contribution in [0.3, 0.4) is 0 Å². The van der Waals surface area contributed by atoms with Crippen molar-refractivity contribution in [1.82, 2.24) is 20.9 Å². The van der Waals surface area contributed by atoms with Crippen LogP contribution in [0.15, 0.2) is 22.8 Å². The van der Waals surface area contributed by atoms with Gasteiger partial charge in [0.2, 0.25) is 5.91 Å². The Hall–Kier alpha value is -2.02. The van der Waals surface area contributed by atoms with E-state index in [2.05, 4.69) is 16.0 Å². The maximum absolute atomic E-state index is 12.0. The number of carbonyl (C=O) groups excluding carboxylic acids is 2. The summed E-state index contributed by atoms with van der Waals surface area (Å²) < 4.78 is 5.43. The number of rotatable bonds is 9. The fraction of sp³-hybridized carbons (Fsp3) is 0.684. The molecule has 1 aromatic heterocycles. The van der Waals surface area contributed by atoms with E-state index in [1.54, 1.807) is 6.26 Å². The highest BCUT2D eigenvalue weighted by atomic mass is 16.3. The third-order valence-electron chi connectivity index (χ3n) is 4.79. The van der Waals surface area contributed by atoms with Gasteiger partial charge in [0, 0.05) is 25.6 Å². The molecule has 0 aromatic carbocycles. The highest BCUT2D eigenvalue weighted by Gasteiger charge is 2.18. The molecule has 0 bridgehead atoms.